The fourth-order valence-corrected chi connectivity index (χ4v) is 1.45. The Bertz CT molecular complexity index is 327. The minimum Gasteiger partial charge on any atom is -0.271 e. The molecule has 1 rings (SSSR count). The largest absolute Gasteiger partial charge is 0.271 e. The van der Waals surface area contributed by atoms with Gasteiger partial charge in [0, 0.05) is 0 Å². The summed E-state index contributed by atoms with van der Waals surface area (Å²) in [6, 6.07) is 4.65. The van der Waals surface area contributed by atoms with Crippen molar-refractivity contribution in [2.45, 2.75) is 19.9 Å². The molecule has 0 aliphatic rings. The Kier molecular flexibility index (Phi) is 3.38. The molecule has 14 heavy (non-hydrogen) atoms. The van der Waals surface area contributed by atoms with Crippen LogP contribution in [0.15, 0.2) is 30.4 Å². The Morgan fingerprint density at radius 3 is 2.57 bits per heavy atom. The van der Waals surface area contributed by atoms with Crippen LogP contribution in [0.1, 0.15) is 24.1 Å². The van der Waals surface area contributed by atoms with Crippen LogP contribution in [-0.4, -0.2) is 0 Å². The van der Waals surface area contributed by atoms with Gasteiger partial charge in [0.1, 0.15) is 5.82 Å². The molecule has 0 aliphatic heterocycles. The molecule has 0 aromatic heterocycles. The molecule has 1 aromatic carbocycles. The van der Waals surface area contributed by atoms with Crippen LogP contribution in [0.4, 0.5) is 4.39 Å². The Hall–Kier alpha value is -1.19. The smallest absolute Gasteiger partial charge is 0.123 e. The molecule has 0 fully saturated rings. The molecule has 0 bridgehead atoms. The van der Waals surface area contributed by atoms with Crippen LogP contribution in [0, 0.1) is 12.7 Å². The lowest BCUT2D eigenvalue weighted by atomic mass is 10.00. The average Bonchev–Trinajstić information content (AvgIpc) is 2.02. The van der Waals surface area contributed by atoms with Gasteiger partial charge in [0.05, 0.1) is 6.04 Å². The fraction of sp³-hybridized carbons (Fsp3) is 0.273. The van der Waals surface area contributed by atoms with Crippen LogP contribution in [-0.2, 0) is 0 Å². The monoisotopic (exact) mass is 194 g/mol. The molecule has 0 heterocycles. The summed E-state index contributed by atoms with van der Waals surface area (Å²) >= 11 is 0. The molecule has 76 valence electrons. The van der Waals surface area contributed by atoms with Crippen LogP contribution in [0.25, 0.3) is 0 Å². The third kappa shape index (κ3) is 2.40. The Morgan fingerprint density at radius 1 is 1.50 bits per heavy atom. The maximum atomic E-state index is 13.1. The fourth-order valence-electron chi connectivity index (χ4n) is 1.45. The van der Waals surface area contributed by atoms with Crippen LogP contribution in [0.5, 0.6) is 0 Å². The van der Waals surface area contributed by atoms with Gasteiger partial charge in [0.25, 0.3) is 0 Å². The number of nitrogens with one attached hydrogen (secondary N) is 1. The molecule has 3 N–H and O–H groups in total. The lowest BCUT2D eigenvalue weighted by Gasteiger charge is -2.16. The minimum absolute atomic E-state index is 0.190. The van der Waals surface area contributed by atoms with Gasteiger partial charge in [-0.25, -0.2) is 9.82 Å². The summed E-state index contributed by atoms with van der Waals surface area (Å²) in [5, 5.41) is 0. The molecule has 2 nitrogen and oxygen atoms in total. The van der Waals surface area contributed by atoms with Crippen molar-refractivity contribution in [1.29, 1.82) is 0 Å². The summed E-state index contributed by atoms with van der Waals surface area (Å²) in [4.78, 5) is 0. The number of halogens is 1. The van der Waals surface area contributed by atoms with E-state index in [9.17, 15) is 4.39 Å². The Morgan fingerprint density at radius 2 is 2.14 bits per heavy atom. The van der Waals surface area contributed by atoms with Gasteiger partial charge in [0.2, 0.25) is 0 Å². The van der Waals surface area contributed by atoms with E-state index in [1.165, 1.54) is 12.1 Å². The SMILES string of the molecule is C=C(C)C(NN)c1cc(C)cc(F)c1. The second-order valence-corrected chi connectivity index (χ2v) is 3.51. The molecule has 3 heteroatoms. The maximum absolute atomic E-state index is 13.1. The highest BCUT2D eigenvalue weighted by Crippen LogP contribution is 2.21. The highest BCUT2D eigenvalue weighted by atomic mass is 19.1. The van der Waals surface area contributed by atoms with Crippen molar-refractivity contribution in [3.8, 4) is 0 Å². The zero-order valence-corrected chi connectivity index (χ0v) is 8.47. The first-order valence-corrected chi connectivity index (χ1v) is 4.43. The van der Waals surface area contributed by atoms with Crippen molar-refractivity contribution in [2.75, 3.05) is 0 Å². The number of hydrogen-bond acceptors (Lipinski definition) is 2. The van der Waals surface area contributed by atoms with Gasteiger partial charge in [0.15, 0.2) is 0 Å². The molecule has 0 amide bonds. The first-order chi connectivity index (χ1) is 6.54. The standard InChI is InChI=1S/C11H15FN2/c1-7(2)11(14-13)9-4-8(3)5-10(12)6-9/h4-6,11,14H,1,13H2,2-3H3. The Labute approximate surface area is 83.6 Å². The summed E-state index contributed by atoms with van der Waals surface area (Å²) < 4.78 is 13.1. The normalized spacial score (nSPS) is 12.6. The number of nitrogens with two attached hydrogens (primary N) is 1. The number of hydrogen-bond donors (Lipinski definition) is 2. The zero-order chi connectivity index (χ0) is 10.7. The van der Waals surface area contributed by atoms with E-state index in [4.69, 9.17) is 5.84 Å². The van der Waals surface area contributed by atoms with Gasteiger partial charge in [-0.05, 0) is 37.1 Å². The third-order valence-electron chi connectivity index (χ3n) is 2.06. The van der Waals surface area contributed by atoms with Crippen LogP contribution in [0.3, 0.4) is 0 Å². The first kappa shape index (κ1) is 10.9. The van der Waals surface area contributed by atoms with E-state index in [1.54, 1.807) is 0 Å². The van der Waals surface area contributed by atoms with Crippen LogP contribution in [0.2, 0.25) is 0 Å². The minimum atomic E-state index is -0.249. The first-order valence-electron chi connectivity index (χ1n) is 4.43. The summed E-state index contributed by atoms with van der Waals surface area (Å²) in [5.41, 5.74) is 5.14. The lowest BCUT2D eigenvalue weighted by Crippen LogP contribution is -2.28. The number of aryl methyl sites for hydroxylation is 1. The van der Waals surface area contributed by atoms with E-state index in [1.807, 2.05) is 19.9 Å². The van der Waals surface area contributed by atoms with Crippen molar-refractivity contribution in [1.82, 2.24) is 5.43 Å². The van der Waals surface area contributed by atoms with Gasteiger partial charge in [-0.1, -0.05) is 18.2 Å². The van der Waals surface area contributed by atoms with Crippen molar-refractivity contribution in [2.24, 2.45) is 5.84 Å². The number of benzene rings is 1. The maximum Gasteiger partial charge on any atom is 0.123 e. The molecule has 1 atom stereocenters. The van der Waals surface area contributed by atoms with Crippen molar-refractivity contribution < 1.29 is 4.39 Å². The molecule has 0 spiro atoms. The summed E-state index contributed by atoms with van der Waals surface area (Å²) in [7, 11) is 0. The van der Waals surface area contributed by atoms with Gasteiger partial charge in [-0.2, -0.15) is 0 Å². The molecular weight excluding hydrogens is 179 g/mol. The molecule has 1 unspecified atom stereocenters. The number of rotatable bonds is 3. The van der Waals surface area contributed by atoms with E-state index in [0.29, 0.717) is 0 Å². The number of hydrazine groups is 1. The van der Waals surface area contributed by atoms with E-state index in [0.717, 1.165) is 16.7 Å². The molecule has 0 radical (unpaired) electrons. The molecule has 0 saturated carbocycles. The van der Waals surface area contributed by atoms with Gasteiger partial charge in [-0.15, -0.1) is 0 Å². The molecule has 1 aromatic rings. The highest BCUT2D eigenvalue weighted by molar-refractivity contribution is 5.30. The van der Waals surface area contributed by atoms with Crippen molar-refractivity contribution in [3.05, 3.63) is 47.3 Å². The zero-order valence-electron chi connectivity index (χ0n) is 8.47. The molecule has 0 aliphatic carbocycles. The Balaban J connectivity index is 3.10. The van der Waals surface area contributed by atoms with E-state index in [2.05, 4.69) is 12.0 Å². The summed E-state index contributed by atoms with van der Waals surface area (Å²) in [5.74, 6) is 5.12. The second-order valence-electron chi connectivity index (χ2n) is 3.51. The predicted molar refractivity (Wildman–Crippen MR) is 56.0 cm³/mol. The van der Waals surface area contributed by atoms with E-state index >= 15 is 0 Å². The quantitative estimate of drug-likeness (QED) is 0.440. The second kappa shape index (κ2) is 4.35. The molecular formula is C11H15FN2. The summed E-state index contributed by atoms with van der Waals surface area (Å²) in [6.45, 7) is 7.49. The average molecular weight is 194 g/mol. The van der Waals surface area contributed by atoms with E-state index in [-0.39, 0.29) is 11.9 Å². The molecule has 0 saturated heterocycles. The topological polar surface area (TPSA) is 38.0 Å². The van der Waals surface area contributed by atoms with Gasteiger partial charge < -0.3 is 0 Å². The van der Waals surface area contributed by atoms with Crippen molar-refractivity contribution >= 4 is 0 Å². The highest BCUT2D eigenvalue weighted by Gasteiger charge is 2.11. The summed E-state index contributed by atoms with van der Waals surface area (Å²) in [6.07, 6.45) is 0. The van der Waals surface area contributed by atoms with Gasteiger partial charge in [-0.3, -0.25) is 5.84 Å². The van der Waals surface area contributed by atoms with Crippen LogP contribution < -0.4 is 11.3 Å². The van der Waals surface area contributed by atoms with Crippen LogP contribution >= 0.6 is 0 Å². The lowest BCUT2D eigenvalue weighted by molar-refractivity contribution is 0.599. The van der Waals surface area contributed by atoms with Crippen molar-refractivity contribution in [3.63, 3.8) is 0 Å². The van der Waals surface area contributed by atoms with E-state index < -0.39 is 0 Å². The predicted octanol–water partition coefficient (Wildman–Crippen LogP) is 2.21. The van der Waals surface area contributed by atoms with Gasteiger partial charge >= 0.3 is 0 Å². The third-order valence-corrected chi connectivity index (χ3v) is 2.06.